The average molecular weight is 403 g/mol. The van der Waals surface area contributed by atoms with Gasteiger partial charge in [0.15, 0.2) is 0 Å². The van der Waals surface area contributed by atoms with Gasteiger partial charge in [-0.15, -0.1) is 0 Å². The molecule has 1 saturated heterocycles. The highest BCUT2D eigenvalue weighted by atomic mass is 32.2. The number of hydrogen-bond donors (Lipinski definition) is 2. The summed E-state index contributed by atoms with van der Waals surface area (Å²) in [5.41, 5.74) is 0.979. The quantitative estimate of drug-likeness (QED) is 0.775. The van der Waals surface area contributed by atoms with Crippen LogP contribution in [0.2, 0.25) is 0 Å². The van der Waals surface area contributed by atoms with Crippen molar-refractivity contribution in [1.29, 1.82) is 0 Å². The third-order valence-corrected chi connectivity index (χ3v) is 6.18. The minimum atomic E-state index is -3.57. The summed E-state index contributed by atoms with van der Waals surface area (Å²) in [6, 6.07) is 9.40. The van der Waals surface area contributed by atoms with Crippen LogP contribution in [0.15, 0.2) is 47.5 Å². The van der Waals surface area contributed by atoms with Gasteiger partial charge < -0.3 is 10.2 Å². The largest absolute Gasteiger partial charge is 0.357 e. The smallest absolute Gasteiger partial charge is 0.255 e. The summed E-state index contributed by atoms with van der Waals surface area (Å²) in [4.78, 5) is 19.3. The number of nitrogens with one attached hydrogen (secondary N) is 2. The molecular weight excluding hydrogens is 376 g/mol. The molecule has 150 valence electrons. The number of benzene rings is 1. The van der Waals surface area contributed by atoms with Crippen LogP contribution in [0, 0.1) is 0 Å². The second-order valence-electron chi connectivity index (χ2n) is 7.21. The topological polar surface area (TPSA) is 91.4 Å². The van der Waals surface area contributed by atoms with E-state index in [-0.39, 0.29) is 16.8 Å². The van der Waals surface area contributed by atoms with Crippen LogP contribution in [-0.2, 0) is 10.0 Å². The van der Waals surface area contributed by atoms with Crippen LogP contribution in [0.3, 0.4) is 0 Å². The summed E-state index contributed by atoms with van der Waals surface area (Å²) < 4.78 is 26.8. The highest BCUT2D eigenvalue weighted by Crippen LogP contribution is 2.19. The Morgan fingerprint density at radius 2 is 1.71 bits per heavy atom. The Balaban J connectivity index is 1.64. The van der Waals surface area contributed by atoms with Gasteiger partial charge in [0.05, 0.1) is 16.8 Å². The molecular formula is C20H26N4O3S. The van der Waals surface area contributed by atoms with Crippen molar-refractivity contribution in [3.05, 3.63) is 48.2 Å². The van der Waals surface area contributed by atoms with E-state index in [4.69, 9.17) is 0 Å². The van der Waals surface area contributed by atoms with Crippen LogP contribution in [-0.4, -0.2) is 38.4 Å². The van der Waals surface area contributed by atoms with Crippen LogP contribution < -0.4 is 14.9 Å². The van der Waals surface area contributed by atoms with Gasteiger partial charge in [0.2, 0.25) is 10.0 Å². The zero-order valence-electron chi connectivity index (χ0n) is 16.2. The lowest BCUT2D eigenvalue weighted by atomic mass is 10.1. The number of carbonyl (C=O) groups is 1. The Kier molecular flexibility index (Phi) is 6.31. The molecule has 7 nitrogen and oxygen atoms in total. The van der Waals surface area contributed by atoms with Crippen molar-refractivity contribution in [2.45, 2.75) is 44.0 Å². The first-order valence-electron chi connectivity index (χ1n) is 9.50. The van der Waals surface area contributed by atoms with Gasteiger partial charge in [-0.3, -0.25) is 4.79 Å². The number of aromatic nitrogens is 1. The zero-order valence-corrected chi connectivity index (χ0v) is 17.0. The fourth-order valence-electron chi connectivity index (χ4n) is 3.14. The molecule has 1 aliphatic heterocycles. The second kappa shape index (κ2) is 8.70. The van der Waals surface area contributed by atoms with Gasteiger partial charge in [0, 0.05) is 24.7 Å². The number of pyridine rings is 1. The summed E-state index contributed by atoms with van der Waals surface area (Å²) in [7, 11) is -3.57. The van der Waals surface area contributed by atoms with Gasteiger partial charge in [-0.25, -0.2) is 18.1 Å². The molecule has 8 heteroatoms. The summed E-state index contributed by atoms with van der Waals surface area (Å²) in [6.45, 7) is 5.53. The molecule has 0 saturated carbocycles. The fourth-order valence-corrected chi connectivity index (χ4v) is 4.39. The molecule has 0 atom stereocenters. The minimum absolute atomic E-state index is 0.130. The van der Waals surface area contributed by atoms with Crippen LogP contribution in [0.5, 0.6) is 0 Å². The van der Waals surface area contributed by atoms with E-state index in [9.17, 15) is 13.2 Å². The van der Waals surface area contributed by atoms with E-state index in [1.54, 1.807) is 20.0 Å². The molecule has 0 unspecified atom stereocenters. The number of sulfonamides is 1. The molecule has 0 radical (unpaired) electrons. The maximum Gasteiger partial charge on any atom is 0.255 e. The molecule has 1 aliphatic rings. The molecule has 2 N–H and O–H groups in total. The van der Waals surface area contributed by atoms with Crippen molar-refractivity contribution in [2.75, 3.05) is 23.3 Å². The summed E-state index contributed by atoms with van der Waals surface area (Å²) in [6.07, 6.45) is 5.27. The zero-order chi connectivity index (χ0) is 20.1. The molecule has 3 rings (SSSR count). The van der Waals surface area contributed by atoms with E-state index in [0.29, 0.717) is 11.3 Å². The SMILES string of the molecule is CC(C)NS(=O)(=O)c1ccc(C(=O)Nc2ccc(N3CCCCC3)nc2)cc1. The average Bonchev–Trinajstić information content (AvgIpc) is 2.68. The summed E-state index contributed by atoms with van der Waals surface area (Å²) in [5, 5.41) is 2.79. The van der Waals surface area contributed by atoms with Crippen molar-refractivity contribution in [2.24, 2.45) is 0 Å². The van der Waals surface area contributed by atoms with Crippen molar-refractivity contribution >= 4 is 27.4 Å². The fraction of sp³-hybridized carbons (Fsp3) is 0.400. The van der Waals surface area contributed by atoms with Gasteiger partial charge in [-0.1, -0.05) is 0 Å². The molecule has 0 spiro atoms. The number of carbonyl (C=O) groups excluding carboxylic acids is 1. The minimum Gasteiger partial charge on any atom is -0.357 e. The lowest BCUT2D eigenvalue weighted by Gasteiger charge is -2.27. The number of hydrogen-bond acceptors (Lipinski definition) is 5. The normalized spacial score (nSPS) is 14.9. The van der Waals surface area contributed by atoms with E-state index in [0.717, 1.165) is 18.9 Å². The number of amides is 1. The van der Waals surface area contributed by atoms with E-state index in [2.05, 4.69) is 19.9 Å². The van der Waals surface area contributed by atoms with E-state index >= 15 is 0 Å². The Hall–Kier alpha value is -2.45. The van der Waals surface area contributed by atoms with Crippen molar-refractivity contribution in [3.8, 4) is 0 Å². The van der Waals surface area contributed by atoms with Crippen LogP contribution in [0.1, 0.15) is 43.5 Å². The Morgan fingerprint density at radius 1 is 1.04 bits per heavy atom. The summed E-state index contributed by atoms with van der Waals surface area (Å²) in [5.74, 6) is 0.609. The first kappa shape index (κ1) is 20.3. The molecule has 0 aliphatic carbocycles. The van der Waals surface area contributed by atoms with Crippen LogP contribution in [0.25, 0.3) is 0 Å². The maximum atomic E-state index is 12.4. The van der Waals surface area contributed by atoms with Gasteiger partial charge in [-0.2, -0.15) is 0 Å². The number of anilines is 2. The predicted molar refractivity (Wildman–Crippen MR) is 110 cm³/mol. The predicted octanol–water partition coefficient (Wildman–Crippen LogP) is 3.01. The van der Waals surface area contributed by atoms with E-state index in [1.165, 1.54) is 43.5 Å². The molecule has 1 amide bonds. The van der Waals surface area contributed by atoms with Crippen molar-refractivity contribution in [1.82, 2.24) is 9.71 Å². The van der Waals surface area contributed by atoms with Crippen LogP contribution in [0.4, 0.5) is 11.5 Å². The molecule has 1 fully saturated rings. The second-order valence-corrected chi connectivity index (χ2v) is 8.92. The Bertz CT molecular complexity index is 903. The third-order valence-electron chi connectivity index (χ3n) is 4.50. The lowest BCUT2D eigenvalue weighted by Crippen LogP contribution is -2.30. The monoisotopic (exact) mass is 402 g/mol. The number of nitrogens with zero attached hydrogens (tertiary/aromatic N) is 2. The Labute approximate surface area is 166 Å². The molecule has 0 bridgehead atoms. The van der Waals surface area contributed by atoms with Gasteiger partial charge in [-0.05, 0) is 69.5 Å². The van der Waals surface area contributed by atoms with Crippen LogP contribution >= 0.6 is 0 Å². The first-order valence-corrected chi connectivity index (χ1v) is 11.0. The summed E-state index contributed by atoms with van der Waals surface area (Å²) >= 11 is 0. The molecule has 28 heavy (non-hydrogen) atoms. The third kappa shape index (κ3) is 5.08. The molecule has 1 aromatic heterocycles. The van der Waals surface area contributed by atoms with Crippen molar-refractivity contribution in [3.63, 3.8) is 0 Å². The molecule has 2 aromatic rings. The Morgan fingerprint density at radius 3 is 2.29 bits per heavy atom. The standard InChI is InChI=1S/C20H26N4O3S/c1-15(2)23-28(26,27)18-9-6-16(7-10-18)20(25)22-17-8-11-19(21-14-17)24-12-4-3-5-13-24/h6-11,14-15,23H,3-5,12-13H2,1-2H3,(H,22,25). The van der Waals surface area contributed by atoms with Gasteiger partial charge >= 0.3 is 0 Å². The number of piperidine rings is 1. The van der Waals surface area contributed by atoms with Crippen molar-refractivity contribution < 1.29 is 13.2 Å². The van der Waals surface area contributed by atoms with Gasteiger partial charge in [0.25, 0.3) is 5.91 Å². The molecule has 2 heterocycles. The van der Waals surface area contributed by atoms with E-state index < -0.39 is 10.0 Å². The highest BCUT2D eigenvalue weighted by Gasteiger charge is 2.16. The van der Waals surface area contributed by atoms with E-state index in [1.807, 2.05) is 12.1 Å². The molecule has 1 aromatic carbocycles. The number of rotatable bonds is 6. The first-order chi connectivity index (χ1) is 13.3. The van der Waals surface area contributed by atoms with Gasteiger partial charge in [0.1, 0.15) is 5.82 Å². The highest BCUT2D eigenvalue weighted by molar-refractivity contribution is 7.89. The maximum absolute atomic E-state index is 12.4. The lowest BCUT2D eigenvalue weighted by molar-refractivity contribution is 0.102.